The molecule has 24 heavy (non-hydrogen) atoms. The van der Waals surface area contributed by atoms with Gasteiger partial charge in [-0.1, -0.05) is 31.0 Å². The minimum absolute atomic E-state index is 0.392. The second-order valence-corrected chi connectivity index (χ2v) is 8.02. The molecule has 2 N–H and O–H groups in total. The second-order valence-electron chi connectivity index (χ2n) is 7.17. The van der Waals surface area contributed by atoms with E-state index in [4.69, 9.17) is 4.98 Å². The Hall–Kier alpha value is -1.43. The van der Waals surface area contributed by atoms with Crippen LogP contribution in [0.25, 0.3) is 0 Å². The Kier molecular flexibility index (Phi) is 4.57. The smallest absolute Gasteiger partial charge is 0.187 e. The average Bonchev–Trinajstić information content (AvgIpc) is 3.03. The molecule has 1 saturated heterocycles. The quantitative estimate of drug-likeness (QED) is 0.880. The lowest BCUT2D eigenvalue weighted by molar-refractivity contribution is -0.0969. The highest BCUT2D eigenvalue weighted by molar-refractivity contribution is 7.13. The van der Waals surface area contributed by atoms with E-state index in [9.17, 15) is 5.11 Å². The zero-order valence-corrected chi connectivity index (χ0v) is 14.8. The molecular weight excluding hydrogens is 318 g/mol. The fourth-order valence-corrected chi connectivity index (χ4v) is 4.82. The van der Waals surface area contributed by atoms with E-state index < -0.39 is 5.60 Å². The number of hydrogen-bond donors (Lipinski definition) is 2. The van der Waals surface area contributed by atoms with Crippen molar-refractivity contribution in [1.82, 2.24) is 9.88 Å². The number of hydrogen-bond acceptors (Lipinski definition) is 5. The lowest BCUT2D eigenvalue weighted by atomic mass is 9.71. The summed E-state index contributed by atoms with van der Waals surface area (Å²) < 4.78 is 0. The number of para-hydroxylation sites is 1. The summed E-state index contributed by atoms with van der Waals surface area (Å²) in [6.45, 7) is 2.88. The topological polar surface area (TPSA) is 48.4 Å². The molecule has 2 aliphatic rings. The monoisotopic (exact) mass is 343 g/mol. The van der Waals surface area contributed by atoms with Crippen molar-refractivity contribution < 1.29 is 5.11 Å². The van der Waals surface area contributed by atoms with Gasteiger partial charge < -0.3 is 10.4 Å². The number of rotatable bonds is 4. The number of nitrogens with one attached hydrogen (secondary N) is 1. The van der Waals surface area contributed by atoms with Crippen molar-refractivity contribution in [3.63, 3.8) is 0 Å². The molecule has 2 aromatic rings. The third kappa shape index (κ3) is 3.48. The Morgan fingerprint density at radius 3 is 3.00 bits per heavy atom. The molecule has 0 bridgehead atoms. The highest BCUT2D eigenvalue weighted by atomic mass is 32.1. The van der Waals surface area contributed by atoms with Crippen molar-refractivity contribution in [2.24, 2.45) is 5.92 Å². The minimum Gasteiger partial charge on any atom is -0.390 e. The molecule has 2 heterocycles. The van der Waals surface area contributed by atoms with Crippen LogP contribution in [-0.4, -0.2) is 33.7 Å². The van der Waals surface area contributed by atoms with Gasteiger partial charge in [0.2, 0.25) is 0 Å². The minimum atomic E-state index is -0.392. The Morgan fingerprint density at radius 1 is 1.25 bits per heavy atom. The van der Waals surface area contributed by atoms with Crippen LogP contribution in [0.1, 0.15) is 37.8 Å². The summed E-state index contributed by atoms with van der Waals surface area (Å²) in [5.74, 6) is 0.445. The maximum Gasteiger partial charge on any atom is 0.187 e. The molecule has 2 atom stereocenters. The van der Waals surface area contributed by atoms with Gasteiger partial charge in [0.25, 0.3) is 0 Å². The first-order chi connectivity index (χ1) is 11.7. The molecule has 1 aromatic carbocycles. The van der Waals surface area contributed by atoms with Crippen LogP contribution >= 0.6 is 11.3 Å². The first-order valence-corrected chi connectivity index (χ1v) is 9.80. The molecule has 1 aromatic heterocycles. The van der Waals surface area contributed by atoms with E-state index in [-0.39, 0.29) is 0 Å². The number of aliphatic hydroxyl groups is 1. The van der Waals surface area contributed by atoms with Crippen LogP contribution in [0.15, 0.2) is 35.7 Å². The van der Waals surface area contributed by atoms with E-state index in [2.05, 4.69) is 27.7 Å². The fraction of sp³-hybridized carbons (Fsp3) is 0.526. The fourth-order valence-electron chi connectivity index (χ4n) is 4.09. The average molecular weight is 343 g/mol. The summed E-state index contributed by atoms with van der Waals surface area (Å²) in [5.41, 5.74) is 1.81. The van der Waals surface area contributed by atoms with Gasteiger partial charge in [-0.05, 0) is 31.4 Å². The summed E-state index contributed by atoms with van der Waals surface area (Å²) >= 11 is 1.66. The van der Waals surface area contributed by atoms with Gasteiger partial charge >= 0.3 is 0 Å². The molecule has 1 aliphatic carbocycles. The standard InChI is InChI=1S/C19H25N3OS/c23-19-9-5-4-6-15(19)12-22(11-10-19)13-17-14-24-18(21-17)20-16-7-2-1-3-8-16/h1-3,7-8,14-15,23H,4-6,9-13H2,(H,20,21). The van der Waals surface area contributed by atoms with Crippen LogP contribution in [0, 0.1) is 5.92 Å². The molecule has 0 spiro atoms. The molecular formula is C19H25N3OS. The number of thiazole rings is 1. The lowest BCUT2D eigenvalue weighted by Gasteiger charge is -2.47. The van der Waals surface area contributed by atoms with Crippen molar-refractivity contribution in [2.45, 2.75) is 44.2 Å². The molecule has 1 saturated carbocycles. The van der Waals surface area contributed by atoms with Crippen LogP contribution in [0.2, 0.25) is 0 Å². The molecule has 2 unspecified atom stereocenters. The Morgan fingerprint density at radius 2 is 2.12 bits per heavy atom. The number of aromatic nitrogens is 1. The van der Waals surface area contributed by atoms with Gasteiger partial charge in [0, 0.05) is 36.6 Å². The van der Waals surface area contributed by atoms with E-state index in [1.54, 1.807) is 11.3 Å². The number of benzene rings is 1. The predicted molar refractivity (Wildman–Crippen MR) is 98.6 cm³/mol. The number of piperidine rings is 1. The van der Waals surface area contributed by atoms with Crippen molar-refractivity contribution in [3.8, 4) is 0 Å². The van der Waals surface area contributed by atoms with Gasteiger partial charge in [0.1, 0.15) is 0 Å². The van der Waals surface area contributed by atoms with E-state index in [0.717, 1.165) is 49.0 Å². The third-order valence-electron chi connectivity index (χ3n) is 5.47. The highest BCUT2D eigenvalue weighted by Gasteiger charge is 2.42. The zero-order valence-electron chi connectivity index (χ0n) is 13.9. The molecule has 5 heteroatoms. The summed E-state index contributed by atoms with van der Waals surface area (Å²) in [7, 11) is 0. The Balaban J connectivity index is 1.36. The van der Waals surface area contributed by atoms with E-state index in [1.807, 2.05) is 18.2 Å². The number of likely N-dealkylation sites (tertiary alicyclic amines) is 1. The van der Waals surface area contributed by atoms with Crippen molar-refractivity contribution in [2.75, 3.05) is 18.4 Å². The van der Waals surface area contributed by atoms with Gasteiger partial charge in [-0.3, -0.25) is 4.90 Å². The number of nitrogens with zero attached hydrogens (tertiary/aromatic N) is 2. The number of fused-ring (bicyclic) bond motifs is 1. The van der Waals surface area contributed by atoms with Gasteiger partial charge in [-0.25, -0.2) is 4.98 Å². The molecule has 4 rings (SSSR count). The van der Waals surface area contributed by atoms with Crippen molar-refractivity contribution in [3.05, 3.63) is 41.4 Å². The molecule has 2 fully saturated rings. The van der Waals surface area contributed by atoms with Crippen LogP contribution in [-0.2, 0) is 6.54 Å². The highest BCUT2D eigenvalue weighted by Crippen LogP contribution is 2.40. The maximum absolute atomic E-state index is 10.8. The maximum atomic E-state index is 10.8. The normalized spacial score (nSPS) is 27.6. The molecule has 0 amide bonds. The van der Waals surface area contributed by atoms with Crippen molar-refractivity contribution in [1.29, 1.82) is 0 Å². The molecule has 1 aliphatic heterocycles. The lowest BCUT2D eigenvalue weighted by Crippen LogP contribution is -2.52. The van der Waals surface area contributed by atoms with Crippen LogP contribution in [0.5, 0.6) is 0 Å². The predicted octanol–water partition coefficient (Wildman–Crippen LogP) is 4.01. The van der Waals surface area contributed by atoms with Crippen LogP contribution in [0.4, 0.5) is 10.8 Å². The summed E-state index contributed by atoms with van der Waals surface area (Å²) in [4.78, 5) is 7.19. The van der Waals surface area contributed by atoms with Crippen LogP contribution < -0.4 is 5.32 Å². The van der Waals surface area contributed by atoms with Gasteiger partial charge in [0.05, 0.1) is 11.3 Å². The summed E-state index contributed by atoms with van der Waals surface area (Å²) in [6.07, 6.45) is 5.53. The van der Waals surface area contributed by atoms with E-state index in [1.165, 1.54) is 19.3 Å². The van der Waals surface area contributed by atoms with Gasteiger partial charge in [-0.2, -0.15) is 0 Å². The molecule has 4 nitrogen and oxygen atoms in total. The Labute approximate surface area is 147 Å². The summed E-state index contributed by atoms with van der Waals surface area (Å²) in [5, 5.41) is 17.2. The van der Waals surface area contributed by atoms with E-state index >= 15 is 0 Å². The van der Waals surface area contributed by atoms with E-state index in [0.29, 0.717) is 5.92 Å². The Bertz CT molecular complexity index is 674. The second kappa shape index (κ2) is 6.82. The third-order valence-corrected chi connectivity index (χ3v) is 6.28. The number of anilines is 2. The first kappa shape index (κ1) is 16.1. The zero-order chi connectivity index (χ0) is 16.4. The van der Waals surface area contributed by atoms with Crippen molar-refractivity contribution >= 4 is 22.2 Å². The van der Waals surface area contributed by atoms with Gasteiger partial charge in [0.15, 0.2) is 5.13 Å². The SMILES string of the molecule is OC12CCCCC1CN(Cc1csc(Nc3ccccc3)n1)CC2. The molecule has 128 valence electrons. The summed E-state index contributed by atoms with van der Waals surface area (Å²) in [6, 6.07) is 10.2. The largest absolute Gasteiger partial charge is 0.390 e. The van der Waals surface area contributed by atoms with Gasteiger partial charge in [-0.15, -0.1) is 11.3 Å². The molecule has 0 radical (unpaired) electrons. The van der Waals surface area contributed by atoms with Crippen LogP contribution in [0.3, 0.4) is 0 Å². The first-order valence-electron chi connectivity index (χ1n) is 8.92.